The first-order valence-corrected chi connectivity index (χ1v) is 10.5. The summed E-state index contributed by atoms with van der Waals surface area (Å²) in [5, 5.41) is 1.80. The lowest BCUT2D eigenvalue weighted by Gasteiger charge is -2.08. The van der Waals surface area contributed by atoms with Gasteiger partial charge in [0, 0.05) is 13.1 Å². The predicted molar refractivity (Wildman–Crippen MR) is 91.5 cm³/mol. The summed E-state index contributed by atoms with van der Waals surface area (Å²) in [6.07, 6.45) is -2.35. The van der Waals surface area contributed by atoms with Gasteiger partial charge in [-0.1, -0.05) is 30.5 Å². The highest BCUT2D eigenvalue weighted by Crippen LogP contribution is 2.21. The van der Waals surface area contributed by atoms with Gasteiger partial charge in [0.15, 0.2) is 0 Å². The summed E-state index contributed by atoms with van der Waals surface area (Å²) in [4.78, 5) is 10.8. The van der Waals surface area contributed by atoms with Crippen molar-refractivity contribution < 1.29 is 26.4 Å². The number of halogens is 3. The Kier molecular flexibility index (Phi) is 8.74. The molecule has 0 aliphatic carbocycles. The Morgan fingerprint density at radius 2 is 1.60 bits per heavy atom. The summed E-state index contributed by atoms with van der Waals surface area (Å²) in [5.41, 5.74) is 0.975. The fraction of sp³-hybridized carbons (Fsp3) is 0.533. The van der Waals surface area contributed by atoms with E-state index in [4.69, 9.17) is 0 Å². The highest BCUT2D eigenvalue weighted by Gasteiger charge is 2.38. The van der Waals surface area contributed by atoms with E-state index in [2.05, 4.69) is 4.72 Å². The SMILES string of the molecule is Cc1ccc(S(=O)(=O)SNCCCCCCNC(=O)C(F)(F)F)cc1. The molecule has 142 valence electrons. The molecule has 0 radical (unpaired) electrons. The average molecular weight is 398 g/mol. The normalized spacial score (nSPS) is 12.2. The first-order chi connectivity index (χ1) is 11.6. The minimum Gasteiger partial charge on any atom is -0.348 e. The number of carbonyl (C=O) groups is 1. The molecule has 0 aromatic heterocycles. The average Bonchev–Trinajstić information content (AvgIpc) is 2.52. The number of nitrogens with one attached hydrogen (secondary N) is 2. The summed E-state index contributed by atoms with van der Waals surface area (Å²) in [6, 6.07) is 6.55. The van der Waals surface area contributed by atoms with Gasteiger partial charge < -0.3 is 5.32 Å². The summed E-state index contributed by atoms with van der Waals surface area (Å²) < 4.78 is 62.6. The number of amides is 1. The van der Waals surface area contributed by atoms with Crippen molar-refractivity contribution in [1.82, 2.24) is 10.0 Å². The fourth-order valence-electron chi connectivity index (χ4n) is 1.85. The highest BCUT2D eigenvalue weighted by molar-refractivity contribution is 8.71. The van der Waals surface area contributed by atoms with Crippen LogP contribution < -0.4 is 10.0 Å². The maximum absolute atomic E-state index is 12.0. The molecule has 0 spiro atoms. The highest BCUT2D eigenvalue weighted by atomic mass is 33.1. The molecule has 0 saturated carbocycles. The van der Waals surface area contributed by atoms with Gasteiger partial charge in [-0.05, 0) is 31.9 Å². The van der Waals surface area contributed by atoms with E-state index in [0.29, 0.717) is 36.8 Å². The zero-order valence-corrected chi connectivity index (χ0v) is 15.4. The van der Waals surface area contributed by atoms with E-state index in [1.165, 1.54) is 0 Å². The third-order valence-corrected chi connectivity index (χ3v) is 6.21. The van der Waals surface area contributed by atoms with Crippen molar-refractivity contribution >= 4 is 25.8 Å². The molecule has 1 aromatic rings. The summed E-state index contributed by atoms with van der Waals surface area (Å²) in [5.74, 6) is -1.92. The standard InChI is InChI=1S/C15H21F3N2O3S2/c1-12-6-8-13(9-7-12)25(22,23)24-20-11-5-3-2-4-10-19-14(21)15(16,17)18/h6-9,20H,2-5,10-11H2,1H3,(H,19,21). The van der Waals surface area contributed by atoms with Crippen molar-refractivity contribution in [2.24, 2.45) is 0 Å². The van der Waals surface area contributed by atoms with E-state index in [-0.39, 0.29) is 11.4 Å². The largest absolute Gasteiger partial charge is 0.471 e. The molecule has 5 nitrogen and oxygen atoms in total. The van der Waals surface area contributed by atoms with Crippen LogP contribution in [-0.2, 0) is 13.7 Å². The van der Waals surface area contributed by atoms with Crippen LogP contribution in [0.5, 0.6) is 0 Å². The zero-order chi connectivity index (χ0) is 18.9. The number of carbonyl (C=O) groups excluding carboxylic acids is 1. The minimum absolute atomic E-state index is 0.0255. The molecule has 0 atom stereocenters. The van der Waals surface area contributed by atoms with Gasteiger partial charge in [-0.25, -0.2) is 8.42 Å². The molecule has 0 bridgehead atoms. The summed E-state index contributed by atoms with van der Waals surface area (Å²) in [6.45, 7) is 2.31. The van der Waals surface area contributed by atoms with Crippen molar-refractivity contribution in [1.29, 1.82) is 0 Å². The van der Waals surface area contributed by atoms with Crippen LogP contribution in [0.1, 0.15) is 31.2 Å². The number of benzene rings is 1. The van der Waals surface area contributed by atoms with Crippen LogP contribution in [0.15, 0.2) is 29.2 Å². The zero-order valence-electron chi connectivity index (χ0n) is 13.7. The van der Waals surface area contributed by atoms with Gasteiger partial charge in [0.05, 0.1) is 15.9 Å². The van der Waals surface area contributed by atoms with Gasteiger partial charge in [0.2, 0.25) is 8.87 Å². The van der Waals surface area contributed by atoms with Crippen molar-refractivity contribution in [3.63, 3.8) is 0 Å². The maximum atomic E-state index is 12.0. The lowest BCUT2D eigenvalue weighted by Crippen LogP contribution is -2.37. The Morgan fingerprint density at radius 1 is 1.04 bits per heavy atom. The summed E-state index contributed by atoms with van der Waals surface area (Å²) >= 11 is 0. The van der Waals surface area contributed by atoms with E-state index in [9.17, 15) is 26.4 Å². The van der Waals surface area contributed by atoms with E-state index < -0.39 is 21.0 Å². The number of aryl methyl sites for hydroxylation is 1. The lowest BCUT2D eigenvalue weighted by molar-refractivity contribution is -0.173. The molecule has 0 saturated heterocycles. The fourth-order valence-corrected chi connectivity index (χ4v) is 4.14. The lowest BCUT2D eigenvalue weighted by atomic mass is 10.2. The van der Waals surface area contributed by atoms with E-state index in [1.54, 1.807) is 29.6 Å². The molecule has 2 N–H and O–H groups in total. The smallest absolute Gasteiger partial charge is 0.348 e. The Morgan fingerprint density at radius 3 is 2.16 bits per heavy atom. The molecule has 0 aliphatic rings. The topological polar surface area (TPSA) is 75.3 Å². The van der Waals surface area contributed by atoms with E-state index in [1.807, 2.05) is 6.92 Å². The molecule has 25 heavy (non-hydrogen) atoms. The van der Waals surface area contributed by atoms with Crippen LogP contribution in [0.4, 0.5) is 13.2 Å². The van der Waals surface area contributed by atoms with Crippen LogP contribution in [0.2, 0.25) is 0 Å². The Labute approximate surface area is 149 Å². The molecule has 1 rings (SSSR count). The summed E-state index contributed by atoms with van der Waals surface area (Å²) in [7, 11) is -2.80. The van der Waals surface area contributed by atoms with Gasteiger partial charge in [-0.3, -0.25) is 9.52 Å². The predicted octanol–water partition coefficient (Wildman–Crippen LogP) is 3.16. The number of unbranched alkanes of at least 4 members (excludes halogenated alkanes) is 3. The van der Waals surface area contributed by atoms with Gasteiger partial charge in [0.1, 0.15) is 0 Å². The molecule has 0 heterocycles. The van der Waals surface area contributed by atoms with Gasteiger partial charge in [0.25, 0.3) is 0 Å². The second-order valence-corrected chi connectivity index (χ2v) is 9.06. The maximum Gasteiger partial charge on any atom is 0.471 e. The third-order valence-electron chi connectivity index (χ3n) is 3.23. The first kappa shape index (κ1) is 21.8. The molecule has 0 unspecified atom stereocenters. The molecular formula is C15H21F3N2O3S2. The minimum atomic E-state index is -4.84. The van der Waals surface area contributed by atoms with Crippen LogP contribution >= 0.6 is 11.0 Å². The van der Waals surface area contributed by atoms with Crippen LogP contribution in [0, 0.1) is 6.92 Å². The van der Waals surface area contributed by atoms with Crippen molar-refractivity contribution in [2.45, 2.75) is 43.7 Å². The Bertz CT molecular complexity index is 647. The third kappa shape index (κ3) is 8.59. The second kappa shape index (κ2) is 10.0. The van der Waals surface area contributed by atoms with Crippen LogP contribution in [0.3, 0.4) is 0 Å². The molecular weight excluding hydrogens is 377 g/mol. The quantitative estimate of drug-likeness (QED) is 0.360. The first-order valence-electron chi connectivity index (χ1n) is 7.71. The monoisotopic (exact) mass is 398 g/mol. The van der Waals surface area contributed by atoms with Crippen molar-refractivity contribution in [2.75, 3.05) is 13.1 Å². The second-order valence-electron chi connectivity index (χ2n) is 5.41. The van der Waals surface area contributed by atoms with Crippen LogP contribution in [0.25, 0.3) is 0 Å². The molecule has 1 amide bonds. The van der Waals surface area contributed by atoms with Gasteiger partial charge in [-0.15, -0.1) is 0 Å². The van der Waals surface area contributed by atoms with E-state index in [0.717, 1.165) is 12.0 Å². The number of hydrogen-bond donors (Lipinski definition) is 2. The van der Waals surface area contributed by atoms with Gasteiger partial charge in [-0.2, -0.15) is 13.2 Å². The molecule has 0 fully saturated rings. The van der Waals surface area contributed by atoms with Crippen molar-refractivity contribution in [3.05, 3.63) is 29.8 Å². The Balaban J connectivity index is 2.10. The van der Waals surface area contributed by atoms with Gasteiger partial charge >= 0.3 is 12.1 Å². The Hall–Kier alpha value is -1.26. The molecule has 1 aromatic carbocycles. The number of rotatable bonds is 10. The number of hydrogen-bond acceptors (Lipinski definition) is 5. The van der Waals surface area contributed by atoms with Crippen LogP contribution in [-0.4, -0.2) is 33.6 Å². The number of alkyl halides is 3. The molecule has 0 aliphatic heterocycles. The van der Waals surface area contributed by atoms with E-state index >= 15 is 0 Å². The van der Waals surface area contributed by atoms with Crippen molar-refractivity contribution in [3.8, 4) is 0 Å². The molecule has 10 heteroatoms.